The molecule has 0 saturated heterocycles. The Bertz CT molecular complexity index is 872. The number of thioether (sulfide) groups is 1. The predicted molar refractivity (Wildman–Crippen MR) is 106 cm³/mol. The highest BCUT2D eigenvalue weighted by molar-refractivity contribution is 8.00. The van der Waals surface area contributed by atoms with Crippen molar-refractivity contribution < 1.29 is 24.0 Å². The highest BCUT2D eigenvalue weighted by atomic mass is 32.2. The Kier molecular flexibility index (Phi) is 7.39. The number of carbonyl (C=O) groups excluding carboxylic acids is 2. The van der Waals surface area contributed by atoms with Gasteiger partial charge in [0, 0.05) is 22.7 Å². The molecule has 0 unspecified atom stereocenters. The van der Waals surface area contributed by atoms with Gasteiger partial charge in [-0.3, -0.25) is 19.7 Å². The minimum absolute atomic E-state index is 0.0239. The number of nitrogens with one attached hydrogen (secondary N) is 1. The number of ether oxygens (including phenoxy) is 2. The molecule has 0 fully saturated rings. The van der Waals surface area contributed by atoms with Crippen molar-refractivity contribution in [3.63, 3.8) is 0 Å². The van der Waals surface area contributed by atoms with Crippen molar-refractivity contribution in [3.8, 4) is 5.75 Å². The van der Waals surface area contributed by atoms with Gasteiger partial charge >= 0.3 is 11.7 Å². The van der Waals surface area contributed by atoms with Crippen LogP contribution in [0.15, 0.2) is 47.4 Å². The van der Waals surface area contributed by atoms with Gasteiger partial charge < -0.3 is 14.8 Å². The molecule has 1 atom stereocenters. The molecule has 8 nitrogen and oxygen atoms in total. The summed E-state index contributed by atoms with van der Waals surface area (Å²) in [6.07, 6.45) is 0. The molecule has 0 aliphatic heterocycles. The van der Waals surface area contributed by atoms with Gasteiger partial charge in [0.2, 0.25) is 0 Å². The Morgan fingerprint density at radius 1 is 1.25 bits per heavy atom. The van der Waals surface area contributed by atoms with E-state index in [4.69, 9.17) is 9.47 Å². The number of amides is 1. The second kappa shape index (κ2) is 9.75. The standard InChI is InChI=1S/C19H20N2O6S/c1-12-9-16(21(24)25)17(26-3)10-15(12)20-18(22)11-27-19(23)13(2)28-14-7-5-4-6-8-14/h4-10,13H,11H2,1-3H3,(H,20,22)/t13-/m0/s1. The van der Waals surface area contributed by atoms with E-state index in [2.05, 4.69) is 5.32 Å². The highest BCUT2D eigenvalue weighted by Crippen LogP contribution is 2.32. The fourth-order valence-electron chi connectivity index (χ4n) is 2.31. The average molecular weight is 404 g/mol. The third-order valence-electron chi connectivity index (χ3n) is 3.73. The zero-order valence-corrected chi connectivity index (χ0v) is 16.4. The molecule has 0 bridgehead atoms. The van der Waals surface area contributed by atoms with Crippen molar-refractivity contribution in [3.05, 3.63) is 58.1 Å². The van der Waals surface area contributed by atoms with E-state index in [0.717, 1.165) is 4.90 Å². The molecular formula is C19H20N2O6S. The topological polar surface area (TPSA) is 108 Å². The smallest absolute Gasteiger partial charge is 0.319 e. The maximum Gasteiger partial charge on any atom is 0.319 e. The third kappa shape index (κ3) is 5.71. The van der Waals surface area contributed by atoms with Crippen LogP contribution in [0.25, 0.3) is 0 Å². The van der Waals surface area contributed by atoms with Gasteiger partial charge in [0.1, 0.15) is 5.25 Å². The van der Waals surface area contributed by atoms with E-state index in [-0.39, 0.29) is 11.4 Å². The van der Waals surface area contributed by atoms with E-state index >= 15 is 0 Å². The molecule has 28 heavy (non-hydrogen) atoms. The number of benzene rings is 2. The van der Waals surface area contributed by atoms with Gasteiger partial charge in [-0.15, -0.1) is 11.8 Å². The van der Waals surface area contributed by atoms with Gasteiger partial charge in [0.25, 0.3) is 5.91 Å². The molecule has 2 aromatic carbocycles. The van der Waals surface area contributed by atoms with Crippen molar-refractivity contribution in [1.82, 2.24) is 0 Å². The Hall–Kier alpha value is -3.07. The largest absolute Gasteiger partial charge is 0.490 e. The lowest BCUT2D eigenvalue weighted by atomic mass is 10.1. The molecule has 2 rings (SSSR count). The number of aryl methyl sites for hydroxylation is 1. The van der Waals surface area contributed by atoms with Gasteiger partial charge in [-0.2, -0.15) is 0 Å². The first-order chi connectivity index (χ1) is 13.3. The van der Waals surface area contributed by atoms with E-state index < -0.39 is 28.7 Å². The molecule has 2 aromatic rings. The molecule has 148 valence electrons. The number of nitro groups is 1. The summed E-state index contributed by atoms with van der Waals surface area (Å²) in [4.78, 5) is 35.5. The Morgan fingerprint density at radius 2 is 1.93 bits per heavy atom. The lowest BCUT2D eigenvalue weighted by Crippen LogP contribution is -2.25. The van der Waals surface area contributed by atoms with Gasteiger partial charge in [0.05, 0.1) is 12.0 Å². The summed E-state index contributed by atoms with van der Waals surface area (Å²) < 4.78 is 10.0. The predicted octanol–water partition coefficient (Wildman–Crippen LogP) is 3.57. The summed E-state index contributed by atoms with van der Waals surface area (Å²) in [5, 5.41) is 13.1. The van der Waals surface area contributed by atoms with E-state index in [0.29, 0.717) is 11.3 Å². The number of carbonyl (C=O) groups is 2. The minimum Gasteiger partial charge on any atom is -0.490 e. The van der Waals surface area contributed by atoms with E-state index in [1.165, 1.54) is 31.0 Å². The summed E-state index contributed by atoms with van der Waals surface area (Å²) in [6, 6.07) is 12.0. The first kappa shape index (κ1) is 21.2. The number of anilines is 1. The molecule has 9 heteroatoms. The molecule has 1 amide bonds. The minimum atomic E-state index is -0.564. The Morgan fingerprint density at radius 3 is 2.54 bits per heavy atom. The monoisotopic (exact) mass is 404 g/mol. The molecule has 0 heterocycles. The van der Waals surface area contributed by atoms with Crippen molar-refractivity contribution in [1.29, 1.82) is 0 Å². The van der Waals surface area contributed by atoms with Crippen LogP contribution in [0.3, 0.4) is 0 Å². The van der Waals surface area contributed by atoms with Gasteiger partial charge in [-0.1, -0.05) is 18.2 Å². The van der Waals surface area contributed by atoms with Crippen LogP contribution in [0.4, 0.5) is 11.4 Å². The van der Waals surface area contributed by atoms with Crippen molar-refractivity contribution in [2.45, 2.75) is 24.0 Å². The van der Waals surface area contributed by atoms with Gasteiger partial charge in [-0.25, -0.2) is 0 Å². The number of hydrogen-bond donors (Lipinski definition) is 1. The van der Waals surface area contributed by atoms with Crippen molar-refractivity contribution in [2.24, 2.45) is 0 Å². The quantitative estimate of drug-likeness (QED) is 0.310. The third-order valence-corrected chi connectivity index (χ3v) is 4.82. The van der Waals surface area contributed by atoms with Gasteiger partial charge in [-0.05, 0) is 31.5 Å². The van der Waals surface area contributed by atoms with Crippen molar-refractivity contribution >= 4 is 35.0 Å². The van der Waals surface area contributed by atoms with Crippen LogP contribution in [-0.2, 0) is 14.3 Å². The Labute approximate surface area is 166 Å². The maximum absolute atomic E-state index is 12.1. The van der Waals surface area contributed by atoms with Crippen LogP contribution < -0.4 is 10.1 Å². The molecule has 0 radical (unpaired) electrons. The highest BCUT2D eigenvalue weighted by Gasteiger charge is 2.20. The van der Waals surface area contributed by atoms with E-state index in [1.54, 1.807) is 13.8 Å². The number of methoxy groups -OCH3 is 1. The number of nitro benzene ring substituents is 1. The first-order valence-corrected chi connectivity index (χ1v) is 9.21. The molecule has 0 aliphatic carbocycles. The molecule has 0 aliphatic rings. The lowest BCUT2D eigenvalue weighted by Gasteiger charge is -2.13. The normalized spacial score (nSPS) is 11.4. The zero-order valence-electron chi connectivity index (χ0n) is 15.6. The zero-order chi connectivity index (χ0) is 20.7. The molecule has 0 aromatic heterocycles. The van der Waals surface area contributed by atoms with Crippen LogP contribution >= 0.6 is 11.8 Å². The van der Waals surface area contributed by atoms with E-state index in [9.17, 15) is 19.7 Å². The summed E-state index contributed by atoms with van der Waals surface area (Å²) in [5.41, 5.74) is 0.631. The molecule has 0 saturated carbocycles. The second-order valence-corrected chi connectivity index (χ2v) is 7.24. The van der Waals surface area contributed by atoms with Crippen LogP contribution in [0.5, 0.6) is 5.75 Å². The van der Waals surface area contributed by atoms with Crippen LogP contribution in [0, 0.1) is 17.0 Å². The second-order valence-electron chi connectivity index (χ2n) is 5.83. The Balaban J connectivity index is 1.93. The van der Waals surface area contributed by atoms with Gasteiger partial charge in [0.15, 0.2) is 12.4 Å². The number of rotatable bonds is 8. The van der Waals surface area contributed by atoms with Crippen LogP contribution in [0.1, 0.15) is 12.5 Å². The lowest BCUT2D eigenvalue weighted by molar-refractivity contribution is -0.385. The van der Waals surface area contributed by atoms with Crippen LogP contribution in [0.2, 0.25) is 0 Å². The molecule has 1 N–H and O–H groups in total. The fraction of sp³-hybridized carbons (Fsp3) is 0.263. The number of esters is 1. The number of nitrogens with zero attached hydrogens (tertiary/aromatic N) is 1. The number of hydrogen-bond acceptors (Lipinski definition) is 7. The first-order valence-electron chi connectivity index (χ1n) is 8.33. The molecule has 0 spiro atoms. The SMILES string of the molecule is COc1cc(NC(=O)COC(=O)[C@H](C)Sc2ccccc2)c(C)cc1[N+](=O)[O-]. The summed E-state index contributed by atoms with van der Waals surface area (Å²) in [5.74, 6) is -1.04. The average Bonchev–Trinajstić information content (AvgIpc) is 2.67. The van der Waals surface area contributed by atoms with Crippen LogP contribution in [-0.4, -0.2) is 35.8 Å². The fourth-order valence-corrected chi connectivity index (χ4v) is 3.19. The summed E-state index contributed by atoms with van der Waals surface area (Å²) in [6.45, 7) is 2.85. The van der Waals surface area contributed by atoms with E-state index in [1.807, 2.05) is 30.3 Å². The summed E-state index contributed by atoms with van der Waals surface area (Å²) in [7, 11) is 1.30. The van der Waals surface area contributed by atoms with Crippen molar-refractivity contribution in [2.75, 3.05) is 19.0 Å². The molecular weight excluding hydrogens is 384 g/mol. The summed E-state index contributed by atoms with van der Waals surface area (Å²) >= 11 is 1.33. The maximum atomic E-state index is 12.1.